The molecule has 1 aromatic rings. The van der Waals surface area contributed by atoms with Crippen molar-refractivity contribution in [2.24, 2.45) is 5.92 Å². The molecule has 0 N–H and O–H groups in total. The summed E-state index contributed by atoms with van der Waals surface area (Å²) in [5.41, 5.74) is 0.512. The molecule has 128 valence electrons. The number of carbonyl (C=O) groups is 1. The summed E-state index contributed by atoms with van der Waals surface area (Å²) in [4.78, 5) is 18.0. The molecular weight excluding hydrogens is 312 g/mol. The van der Waals surface area contributed by atoms with Gasteiger partial charge in [-0.15, -0.1) is 0 Å². The maximum atomic E-state index is 12.3. The molecule has 0 saturated carbocycles. The third-order valence-electron chi connectivity index (χ3n) is 3.64. The van der Waals surface area contributed by atoms with Crippen molar-refractivity contribution < 1.29 is 13.7 Å². The molecule has 0 aliphatic carbocycles. The molecule has 2 atom stereocenters. The van der Waals surface area contributed by atoms with E-state index in [0.717, 1.165) is 24.9 Å². The van der Waals surface area contributed by atoms with Crippen LogP contribution in [0.3, 0.4) is 0 Å². The molecule has 1 fully saturated rings. The first-order valence-electron chi connectivity index (χ1n) is 8.05. The Hall–Kier alpha value is -1.43. The quantitative estimate of drug-likeness (QED) is 0.847. The van der Waals surface area contributed by atoms with Gasteiger partial charge in [0.05, 0.1) is 5.75 Å². The standard InChI is InChI=1S/C17H26N2O3S/c1-17(2,3)22-16(20)19-9-5-7-15(11-19)13-23(21)12-14-6-4-8-18-10-14/h4,6,8,10,15H,5,7,9,11-13H2,1-3H3/t15-,23-/m0/s1. The van der Waals surface area contributed by atoms with Crippen LogP contribution in [0.15, 0.2) is 24.5 Å². The van der Waals surface area contributed by atoms with Gasteiger partial charge in [0.2, 0.25) is 0 Å². The summed E-state index contributed by atoms with van der Waals surface area (Å²) >= 11 is 0. The average molecular weight is 338 g/mol. The van der Waals surface area contributed by atoms with Crippen LogP contribution in [0.1, 0.15) is 39.2 Å². The van der Waals surface area contributed by atoms with Crippen molar-refractivity contribution in [3.8, 4) is 0 Å². The van der Waals surface area contributed by atoms with Crippen LogP contribution in [0.4, 0.5) is 4.79 Å². The lowest BCUT2D eigenvalue weighted by molar-refractivity contribution is 0.0176. The van der Waals surface area contributed by atoms with Crippen LogP contribution in [-0.2, 0) is 21.3 Å². The van der Waals surface area contributed by atoms with E-state index in [1.54, 1.807) is 17.3 Å². The van der Waals surface area contributed by atoms with E-state index in [4.69, 9.17) is 4.74 Å². The first-order valence-corrected chi connectivity index (χ1v) is 9.54. The van der Waals surface area contributed by atoms with Gasteiger partial charge in [0, 0.05) is 42.0 Å². The summed E-state index contributed by atoms with van der Waals surface area (Å²) in [5.74, 6) is 1.42. The molecule has 1 aromatic heterocycles. The Kier molecular flexibility index (Phi) is 6.16. The average Bonchev–Trinajstić information content (AvgIpc) is 2.46. The lowest BCUT2D eigenvalue weighted by Gasteiger charge is -2.34. The maximum Gasteiger partial charge on any atom is 0.410 e. The van der Waals surface area contributed by atoms with Crippen molar-refractivity contribution in [2.75, 3.05) is 18.8 Å². The van der Waals surface area contributed by atoms with Gasteiger partial charge in [-0.25, -0.2) is 4.79 Å². The molecule has 1 aliphatic heterocycles. The number of nitrogens with zero attached hydrogens (tertiary/aromatic N) is 2. The lowest BCUT2D eigenvalue weighted by Crippen LogP contribution is -2.44. The van der Waals surface area contributed by atoms with Crippen LogP contribution in [0.2, 0.25) is 0 Å². The largest absolute Gasteiger partial charge is 0.444 e. The maximum absolute atomic E-state index is 12.3. The highest BCUT2D eigenvalue weighted by Crippen LogP contribution is 2.20. The molecule has 0 unspecified atom stereocenters. The number of carbonyl (C=O) groups excluding carboxylic acids is 1. The van der Waals surface area contributed by atoms with Crippen LogP contribution < -0.4 is 0 Å². The van der Waals surface area contributed by atoms with E-state index >= 15 is 0 Å². The van der Waals surface area contributed by atoms with Gasteiger partial charge < -0.3 is 9.64 Å². The number of hydrogen-bond donors (Lipinski definition) is 0. The zero-order valence-corrected chi connectivity index (χ0v) is 15.0. The van der Waals surface area contributed by atoms with E-state index < -0.39 is 16.4 Å². The van der Waals surface area contributed by atoms with Gasteiger partial charge in [0.15, 0.2) is 0 Å². The van der Waals surface area contributed by atoms with E-state index in [-0.39, 0.29) is 12.0 Å². The number of piperidine rings is 1. The van der Waals surface area contributed by atoms with E-state index in [1.165, 1.54) is 0 Å². The molecule has 0 radical (unpaired) electrons. The number of rotatable bonds is 4. The summed E-state index contributed by atoms with van der Waals surface area (Å²) in [6, 6.07) is 3.80. The molecule has 0 spiro atoms. The zero-order valence-electron chi connectivity index (χ0n) is 14.2. The highest BCUT2D eigenvalue weighted by molar-refractivity contribution is 7.84. The van der Waals surface area contributed by atoms with E-state index in [2.05, 4.69) is 4.98 Å². The van der Waals surface area contributed by atoms with Gasteiger partial charge in [0.1, 0.15) is 5.60 Å². The van der Waals surface area contributed by atoms with Gasteiger partial charge in [-0.05, 0) is 51.2 Å². The first-order chi connectivity index (χ1) is 10.8. The second-order valence-corrected chi connectivity index (χ2v) is 8.55. The minimum absolute atomic E-state index is 0.264. The Morgan fingerprint density at radius 2 is 2.26 bits per heavy atom. The fourth-order valence-corrected chi connectivity index (χ4v) is 4.14. The third kappa shape index (κ3) is 6.29. The van der Waals surface area contributed by atoms with Gasteiger partial charge >= 0.3 is 6.09 Å². The van der Waals surface area contributed by atoms with Gasteiger partial charge in [-0.1, -0.05) is 6.07 Å². The zero-order chi connectivity index (χ0) is 16.9. The first kappa shape index (κ1) is 17.9. The predicted octanol–water partition coefficient (Wildman–Crippen LogP) is 2.98. The minimum atomic E-state index is -0.935. The Bertz CT molecular complexity index is 543. The summed E-state index contributed by atoms with van der Waals surface area (Å²) < 4.78 is 17.8. The fourth-order valence-electron chi connectivity index (χ4n) is 2.68. The van der Waals surface area contributed by atoms with Crippen molar-refractivity contribution in [3.05, 3.63) is 30.1 Å². The topological polar surface area (TPSA) is 59.5 Å². The minimum Gasteiger partial charge on any atom is -0.444 e. The Labute approximate surface area is 140 Å². The van der Waals surface area contributed by atoms with E-state index in [0.29, 0.717) is 18.1 Å². The van der Waals surface area contributed by atoms with E-state index in [1.807, 2.05) is 32.9 Å². The molecular formula is C17H26N2O3S. The monoisotopic (exact) mass is 338 g/mol. The molecule has 0 bridgehead atoms. The third-order valence-corrected chi connectivity index (χ3v) is 5.14. The number of hydrogen-bond acceptors (Lipinski definition) is 4. The second-order valence-electron chi connectivity index (χ2n) is 7.05. The summed E-state index contributed by atoms with van der Waals surface area (Å²) in [7, 11) is -0.935. The Balaban J connectivity index is 1.84. The molecule has 1 saturated heterocycles. The van der Waals surface area contributed by atoms with Gasteiger partial charge in [0.25, 0.3) is 0 Å². The van der Waals surface area contributed by atoms with Crippen molar-refractivity contribution in [1.29, 1.82) is 0 Å². The molecule has 6 heteroatoms. The Morgan fingerprint density at radius 1 is 1.48 bits per heavy atom. The number of amides is 1. The normalized spacial score (nSPS) is 20.1. The molecule has 2 rings (SSSR count). The predicted molar refractivity (Wildman–Crippen MR) is 91.5 cm³/mol. The molecule has 2 heterocycles. The summed E-state index contributed by atoms with van der Waals surface area (Å²) in [5, 5.41) is 0. The fraction of sp³-hybridized carbons (Fsp3) is 0.647. The second kappa shape index (κ2) is 7.90. The van der Waals surface area contributed by atoms with Crippen LogP contribution in [0, 0.1) is 5.92 Å². The Morgan fingerprint density at radius 3 is 2.91 bits per heavy atom. The smallest absolute Gasteiger partial charge is 0.410 e. The van der Waals surface area contributed by atoms with Crippen molar-refractivity contribution >= 4 is 16.9 Å². The van der Waals surface area contributed by atoms with Crippen LogP contribution in [0.25, 0.3) is 0 Å². The van der Waals surface area contributed by atoms with Crippen LogP contribution in [-0.4, -0.2) is 44.6 Å². The van der Waals surface area contributed by atoms with Crippen LogP contribution in [0.5, 0.6) is 0 Å². The van der Waals surface area contributed by atoms with Gasteiger partial charge in [-0.2, -0.15) is 0 Å². The van der Waals surface area contributed by atoms with Crippen molar-refractivity contribution in [2.45, 2.75) is 45.0 Å². The molecule has 0 aromatic carbocycles. The summed E-state index contributed by atoms with van der Waals surface area (Å²) in [6.07, 6.45) is 5.16. The lowest BCUT2D eigenvalue weighted by atomic mass is 10.0. The van der Waals surface area contributed by atoms with Gasteiger partial charge in [-0.3, -0.25) is 9.19 Å². The number of pyridine rings is 1. The molecule has 1 amide bonds. The van der Waals surface area contributed by atoms with Crippen LogP contribution >= 0.6 is 0 Å². The van der Waals surface area contributed by atoms with Crippen molar-refractivity contribution in [1.82, 2.24) is 9.88 Å². The molecule has 5 nitrogen and oxygen atoms in total. The van der Waals surface area contributed by atoms with Crippen molar-refractivity contribution in [3.63, 3.8) is 0 Å². The van der Waals surface area contributed by atoms with E-state index in [9.17, 15) is 9.00 Å². The highest BCUT2D eigenvalue weighted by atomic mass is 32.2. The SMILES string of the molecule is CC(C)(C)OC(=O)N1CCC[C@H](C[S@@](=O)Cc2cccnc2)C1. The molecule has 23 heavy (non-hydrogen) atoms. The number of ether oxygens (including phenoxy) is 1. The highest BCUT2D eigenvalue weighted by Gasteiger charge is 2.28. The molecule has 1 aliphatic rings. The summed E-state index contributed by atoms with van der Waals surface area (Å²) in [6.45, 7) is 6.97. The number of likely N-dealkylation sites (tertiary alicyclic amines) is 1. The number of aromatic nitrogens is 1.